The normalized spacial score (nSPS) is 20.1. The highest BCUT2D eigenvalue weighted by molar-refractivity contribution is 5.87. The van der Waals surface area contributed by atoms with E-state index < -0.39 is 6.04 Å². The van der Waals surface area contributed by atoms with Gasteiger partial charge in [-0.3, -0.25) is 4.90 Å². The summed E-state index contributed by atoms with van der Waals surface area (Å²) in [5.41, 5.74) is 5.73. The number of nitrogens with zero attached hydrogens (tertiary/aromatic N) is 3. The molecule has 5 rings (SSSR count). The second-order valence-electron chi connectivity index (χ2n) is 9.35. The number of ether oxygens (including phenoxy) is 2. The molecule has 3 aromatic rings. The average Bonchev–Trinajstić information content (AvgIpc) is 3.56. The molecular formula is C28H32N4O4. The highest BCUT2D eigenvalue weighted by atomic mass is 16.5. The fourth-order valence-electron chi connectivity index (χ4n) is 4.78. The number of nitrogens with one attached hydrogen (secondary N) is 1. The number of amides is 2. The number of benzene rings is 2. The summed E-state index contributed by atoms with van der Waals surface area (Å²) in [7, 11) is 0. The Morgan fingerprint density at radius 3 is 2.61 bits per heavy atom. The number of aryl methyl sites for hydroxylation is 2. The summed E-state index contributed by atoms with van der Waals surface area (Å²) in [6, 6.07) is 13.3. The Labute approximate surface area is 211 Å². The molecule has 2 atom stereocenters. The predicted molar refractivity (Wildman–Crippen MR) is 136 cm³/mol. The predicted octanol–water partition coefficient (Wildman–Crippen LogP) is 5.43. The molecule has 2 aliphatic rings. The number of urea groups is 1. The Balaban J connectivity index is 1.54. The van der Waals surface area contributed by atoms with Gasteiger partial charge >= 0.3 is 6.03 Å². The lowest BCUT2D eigenvalue weighted by Gasteiger charge is -2.36. The van der Waals surface area contributed by atoms with E-state index in [1.54, 1.807) is 4.90 Å². The van der Waals surface area contributed by atoms with Crippen molar-refractivity contribution in [3.63, 3.8) is 0 Å². The van der Waals surface area contributed by atoms with E-state index in [2.05, 4.69) is 36.5 Å². The van der Waals surface area contributed by atoms with Gasteiger partial charge in [0.05, 0.1) is 30.9 Å². The maximum absolute atomic E-state index is 13.3. The summed E-state index contributed by atoms with van der Waals surface area (Å²) in [6.07, 6.45) is 1.97. The summed E-state index contributed by atoms with van der Waals surface area (Å²) in [6.45, 7) is 9.86. The van der Waals surface area contributed by atoms with E-state index in [1.165, 1.54) is 5.56 Å². The first-order valence-corrected chi connectivity index (χ1v) is 12.5. The molecule has 1 N–H and O–H groups in total. The Hall–Kier alpha value is -3.65. The molecule has 0 radical (unpaired) electrons. The van der Waals surface area contributed by atoms with Gasteiger partial charge in [-0.05, 0) is 81.5 Å². The van der Waals surface area contributed by atoms with E-state index in [-0.39, 0.29) is 12.1 Å². The van der Waals surface area contributed by atoms with Crippen LogP contribution in [0.3, 0.4) is 0 Å². The monoisotopic (exact) mass is 488 g/mol. The summed E-state index contributed by atoms with van der Waals surface area (Å²) < 4.78 is 17.2. The van der Waals surface area contributed by atoms with Crippen molar-refractivity contribution >= 4 is 11.6 Å². The van der Waals surface area contributed by atoms with E-state index in [0.29, 0.717) is 24.9 Å². The molecule has 36 heavy (non-hydrogen) atoms. The molecule has 8 nitrogen and oxygen atoms in total. The molecule has 0 saturated carbocycles. The minimum atomic E-state index is -0.411. The van der Waals surface area contributed by atoms with Gasteiger partial charge in [0.15, 0.2) is 0 Å². The second-order valence-corrected chi connectivity index (χ2v) is 9.35. The summed E-state index contributed by atoms with van der Waals surface area (Å²) in [4.78, 5) is 19.8. The lowest BCUT2D eigenvalue weighted by Crippen LogP contribution is -2.48. The highest BCUT2D eigenvalue weighted by Gasteiger charge is 2.37. The molecule has 1 aromatic heterocycles. The number of allylic oxidation sites excluding steroid dienone is 1. The Morgan fingerprint density at radius 2 is 1.92 bits per heavy atom. The van der Waals surface area contributed by atoms with Crippen LogP contribution in [0.5, 0.6) is 5.75 Å². The first-order valence-electron chi connectivity index (χ1n) is 12.5. The van der Waals surface area contributed by atoms with E-state index in [1.807, 2.05) is 44.2 Å². The zero-order valence-corrected chi connectivity index (χ0v) is 21.2. The number of rotatable bonds is 7. The number of carbonyl (C=O) groups excluding carboxylic acids is 1. The van der Waals surface area contributed by atoms with E-state index >= 15 is 0 Å². The molecule has 3 heterocycles. The van der Waals surface area contributed by atoms with Crippen LogP contribution in [-0.2, 0) is 4.74 Å². The molecule has 2 aliphatic heterocycles. The van der Waals surface area contributed by atoms with Crippen molar-refractivity contribution in [2.75, 3.05) is 19.8 Å². The van der Waals surface area contributed by atoms with E-state index in [4.69, 9.17) is 19.0 Å². The van der Waals surface area contributed by atoms with Crippen molar-refractivity contribution in [3.05, 3.63) is 70.7 Å². The molecule has 2 amide bonds. The van der Waals surface area contributed by atoms with Crippen molar-refractivity contribution in [3.8, 4) is 17.1 Å². The van der Waals surface area contributed by atoms with Crippen molar-refractivity contribution in [2.45, 2.75) is 52.7 Å². The van der Waals surface area contributed by atoms with Crippen molar-refractivity contribution in [1.82, 2.24) is 20.4 Å². The Morgan fingerprint density at radius 1 is 1.11 bits per heavy atom. The topological polar surface area (TPSA) is 89.7 Å². The van der Waals surface area contributed by atoms with Crippen LogP contribution < -0.4 is 10.1 Å². The van der Waals surface area contributed by atoms with E-state index in [9.17, 15) is 4.79 Å². The summed E-state index contributed by atoms with van der Waals surface area (Å²) in [5, 5.41) is 7.44. The van der Waals surface area contributed by atoms with Crippen molar-refractivity contribution < 1.29 is 18.8 Å². The smallest absolute Gasteiger partial charge is 0.322 e. The van der Waals surface area contributed by atoms with Crippen LogP contribution in [0.1, 0.15) is 55.3 Å². The molecule has 1 fully saturated rings. The summed E-state index contributed by atoms with van der Waals surface area (Å²) in [5.74, 6) is 1.66. The average molecular weight is 489 g/mol. The van der Waals surface area contributed by atoms with Gasteiger partial charge in [0.1, 0.15) is 5.75 Å². The lowest BCUT2D eigenvalue weighted by molar-refractivity contribution is 0.0877. The van der Waals surface area contributed by atoms with Crippen molar-refractivity contribution in [1.29, 1.82) is 0 Å². The van der Waals surface area contributed by atoms with Gasteiger partial charge in [-0.1, -0.05) is 23.4 Å². The maximum atomic E-state index is 13.3. The SMILES string of the molecule is CCOc1ccc(-c2noc(C3=C(C)N(CC4CCCO4)C(=O)NC3c3ccc(C)c(C)c3)n2)cc1. The van der Waals surface area contributed by atoms with Crippen molar-refractivity contribution in [2.24, 2.45) is 0 Å². The molecule has 0 spiro atoms. The van der Waals surface area contributed by atoms with Gasteiger partial charge in [-0.25, -0.2) is 4.79 Å². The van der Waals surface area contributed by atoms with Crippen LogP contribution in [-0.4, -0.2) is 46.9 Å². The zero-order chi connectivity index (χ0) is 25.2. The van der Waals surface area contributed by atoms with E-state index in [0.717, 1.165) is 53.2 Å². The van der Waals surface area contributed by atoms with Gasteiger partial charge in [-0.15, -0.1) is 0 Å². The first kappa shape index (κ1) is 24.1. The molecule has 2 aromatic carbocycles. The zero-order valence-electron chi connectivity index (χ0n) is 21.2. The highest BCUT2D eigenvalue weighted by Crippen LogP contribution is 2.38. The minimum Gasteiger partial charge on any atom is -0.494 e. The quantitative estimate of drug-likeness (QED) is 0.477. The third-order valence-electron chi connectivity index (χ3n) is 6.95. The largest absolute Gasteiger partial charge is 0.494 e. The van der Waals surface area contributed by atoms with Gasteiger partial charge in [0.2, 0.25) is 5.82 Å². The summed E-state index contributed by atoms with van der Waals surface area (Å²) >= 11 is 0. The molecular weight excluding hydrogens is 456 g/mol. The molecule has 1 saturated heterocycles. The molecule has 8 heteroatoms. The van der Waals surface area contributed by atoms with Crippen LogP contribution >= 0.6 is 0 Å². The first-order chi connectivity index (χ1) is 17.4. The van der Waals surface area contributed by atoms with Gasteiger partial charge in [-0.2, -0.15) is 4.98 Å². The third kappa shape index (κ3) is 4.73. The fraction of sp³-hybridized carbons (Fsp3) is 0.393. The Kier molecular flexibility index (Phi) is 6.78. The third-order valence-corrected chi connectivity index (χ3v) is 6.95. The van der Waals surface area contributed by atoms with Gasteiger partial charge in [0, 0.05) is 17.9 Å². The van der Waals surface area contributed by atoms with Gasteiger partial charge < -0.3 is 19.3 Å². The molecule has 0 bridgehead atoms. The standard InChI is InChI=1S/C28H32N4O4/c1-5-34-22-12-10-20(11-13-22)26-30-27(36-31-26)24-19(4)32(16-23-7-6-14-35-23)28(33)29-25(24)21-9-8-17(2)18(3)15-21/h8-13,15,23,25H,5-7,14,16H2,1-4H3,(H,29,33). The second kappa shape index (κ2) is 10.1. The molecule has 0 aliphatic carbocycles. The molecule has 2 unspecified atom stereocenters. The lowest BCUT2D eigenvalue weighted by atomic mass is 9.92. The number of hydrogen-bond acceptors (Lipinski definition) is 6. The van der Waals surface area contributed by atoms with Crippen LogP contribution in [0.2, 0.25) is 0 Å². The maximum Gasteiger partial charge on any atom is 0.322 e. The Bertz CT molecular complexity index is 1270. The number of aromatic nitrogens is 2. The van der Waals surface area contributed by atoms with Crippen LogP contribution in [0.15, 0.2) is 52.7 Å². The van der Waals surface area contributed by atoms with Gasteiger partial charge in [0.25, 0.3) is 5.89 Å². The van der Waals surface area contributed by atoms with Crippen LogP contribution in [0.25, 0.3) is 17.0 Å². The molecule has 188 valence electrons. The van der Waals surface area contributed by atoms with Crippen LogP contribution in [0, 0.1) is 13.8 Å². The number of carbonyl (C=O) groups is 1. The fourth-order valence-corrected chi connectivity index (χ4v) is 4.78. The number of hydrogen-bond donors (Lipinski definition) is 1. The van der Waals surface area contributed by atoms with Crippen LogP contribution in [0.4, 0.5) is 4.79 Å². The minimum absolute atomic E-state index is 0.0206.